The van der Waals surface area contributed by atoms with E-state index in [1.165, 1.54) is 0 Å². The normalized spacial score (nSPS) is 20.3. The lowest BCUT2D eigenvalue weighted by atomic mass is 10.1. The van der Waals surface area contributed by atoms with Gasteiger partial charge in [0.1, 0.15) is 4.84 Å². The summed E-state index contributed by atoms with van der Waals surface area (Å²) in [6.45, 7) is 0. The van der Waals surface area contributed by atoms with Gasteiger partial charge in [-0.05, 0) is 17.7 Å². The molecule has 1 N–H and O–H groups in total. The second-order valence-electron chi connectivity index (χ2n) is 3.34. The van der Waals surface area contributed by atoms with Crippen molar-refractivity contribution in [3.63, 3.8) is 0 Å². The second kappa shape index (κ2) is 4.60. The predicted octanol–water partition coefficient (Wildman–Crippen LogP) is 3.21. The number of benzene rings is 1. The number of hydrogen-bond donors (Lipinski definition) is 1. The molecule has 1 aromatic carbocycles. The zero-order valence-electron chi connectivity index (χ0n) is 7.75. The molecule has 0 bridgehead atoms. The number of nitrogens with one attached hydrogen (secondary N) is 1. The molecule has 1 heterocycles. The Bertz CT molecular complexity index is 373. The Morgan fingerprint density at radius 2 is 1.93 bits per heavy atom. The van der Waals surface area contributed by atoms with E-state index >= 15 is 0 Å². The van der Waals surface area contributed by atoms with Gasteiger partial charge >= 0.3 is 0 Å². The van der Waals surface area contributed by atoms with Crippen molar-refractivity contribution in [2.45, 2.75) is 17.3 Å². The highest BCUT2D eigenvalue weighted by Crippen LogP contribution is 2.20. The minimum atomic E-state index is -0.446. The van der Waals surface area contributed by atoms with E-state index in [1.54, 1.807) is 0 Å². The van der Waals surface area contributed by atoms with Crippen molar-refractivity contribution >= 4 is 40.5 Å². The number of hydrogen-bond acceptors (Lipinski definition) is 2. The molecule has 0 amide bonds. The average molecular weight is 264 g/mol. The van der Waals surface area contributed by atoms with E-state index in [0.717, 1.165) is 22.7 Å². The molecule has 0 saturated heterocycles. The first-order chi connectivity index (χ1) is 7.16. The first kappa shape index (κ1) is 11.1. The van der Waals surface area contributed by atoms with E-state index in [2.05, 4.69) is 10.5 Å². The highest BCUT2D eigenvalue weighted by Gasteiger charge is 2.24. The van der Waals surface area contributed by atoms with Crippen molar-refractivity contribution in [2.75, 3.05) is 0 Å². The molecule has 2 rings (SSSR count). The summed E-state index contributed by atoms with van der Waals surface area (Å²) >= 11 is 17.3. The van der Waals surface area contributed by atoms with Gasteiger partial charge in [-0.1, -0.05) is 23.7 Å². The molecular weight excluding hydrogens is 254 g/mol. The maximum Gasteiger partial charge on any atom is 0.129 e. The first-order valence-corrected chi connectivity index (χ1v) is 5.78. The summed E-state index contributed by atoms with van der Waals surface area (Å²) in [7, 11) is 0. The third kappa shape index (κ3) is 2.57. The standard InChI is InChI=1S/C10H9Cl3N2/c11-7-3-1-6(2-4-7)8-5-9(10(12)13)15-14-8/h1-4,9-10,15H,5H2. The van der Waals surface area contributed by atoms with Crippen LogP contribution in [0.3, 0.4) is 0 Å². The van der Waals surface area contributed by atoms with Crippen LogP contribution in [0.2, 0.25) is 5.02 Å². The lowest BCUT2D eigenvalue weighted by Gasteiger charge is -2.09. The summed E-state index contributed by atoms with van der Waals surface area (Å²) in [4.78, 5) is -0.446. The van der Waals surface area contributed by atoms with E-state index in [4.69, 9.17) is 34.8 Å². The van der Waals surface area contributed by atoms with Gasteiger partial charge < -0.3 is 5.43 Å². The molecule has 0 radical (unpaired) electrons. The van der Waals surface area contributed by atoms with Gasteiger partial charge in [0.05, 0.1) is 11.8 Å². The summed E-state index contributed by atoms with van der Waals surface area (Å²) in [5, 5.41) is 4.91. The Hall–Kier alpha value is -0.440. The monoisotopic (exact) mass is 262 g/mol. The Kier molecular flexibility index (Phi) is 3.39. The Labute approximate surface area is 103 Å². The van der Waals surface area contributed by atoms with Crippen molar-refractivity contribution in [1.29, 1.82) is 0 Å². The molecule has 1 atom stereocenters. The quantitative estimate of drug-likeness (QED) is 0.814. The van der Waals surface area contributed by atoms with Crippen LogP contribution >= 0.6 is 34.8 Å². The van der Waals surface area contributed by atoms with Crippen molar-refractivity contribution < 1.29 is 0 Å². The van der Waals surface area contributed by atoms with Crippen molar-refractivity contribution in [1.82, 2.24) is 5.43 Å². The van der Waals surface area contributed by atoms with Crippen LogP contribution in [0.15, 0.2) is 29.4 Å². The van der Waals surface area contributed by atoms with Crippen LogP contribution in [0, 0.1) is 0 Å². The van der Waals surface area contributed by atoms with Gasteiger partial charge in [-0.2, -0.15) is 5.10 Å². The SMILES string of the molecule is Clc1ccc(C2=NNC(C(Cl)Cl)C2)cc1. The lowest BCUT2D eigenvalue weighted by Crippen LogP contribution is -2.26. The molecule has 1 unspecified atom stereocenters. The molecule has 1 aliphatic rings. The van der Waals surface area contributed by atoms with E-state index in [1.807, 2.05) is 24.3 Å². The summed E-state index contributed by atoms with van der Waals surface area (Å²) < 4.78 is 0. The van der Waals surface area contributed by atoms with E-state index in [0.29, 0.717) is 0 Å². The zero-order chi connectivity index (χ0) is 10.8. The van der Waals surface area contributed by atoms with Gasteiger partial charge in [-0.3, -0.25) is 0 Å². The van der Waals surface area contributed by atoms with Crippen molar-refractivity contribution in [3.05, 3.63) is 34.9 Å². The Morgan fingerprint density at radius 1 is 1.27 bits per heavy atom. The second-order valence-corrected chi connectivity index (χ2v) is 4.94. The number of alkyl halides is 2. The van der Waals surface area contributed by atoms with Crippen LogP contribution in [0.5, 0.6) is 0 Å². The summed E-state index contributed by atoms with van der Waals surface area (Å²) in [5.74, 6) is 0. The van der Waals surface area contributed by atoms with Crippen molar-refractivity contribution in [3.8, 4) is 0 Å². The molecule has 0 fully saturated rings. The third-order valence-electron chi connectivity index (χ3n) is 2.26. The minimum Gasteiger partial charge on any atom is -0.304 e. The molecular formula is C10H9Cl3N2. The molecule has 0 aliphatic carbocycles. The van der Waals surface area contributed by atoms with E-state index < -0.39 is 4.84 Å². The van der Waals surface area contributed by atoms with Gasteiger partial charge in [0.2, 0.25) is 0 Å². The Morgan fingerprint density at radius 3 is 2.47 bits per heavy atom. The molecule has 1 aliphatic heterocycles. The molecule has 2 nitrogen and oxygen atoms in total. The fourth-order valence-corrected chi connectivity index (χ4v) is 1.85. The third-order valence-corrected chi connectivity index (χ3v) is 3.12. The minimum absolute atomic E-state index is 0.000915. The maximum absolute atomic E-state index is 5.80. The predicted molar refractivity (Wildman–Crippen MR) is 65.0 cm³/mol. The molecule has 0 saturated carbocycles. The summed E-state index contributed by atoms with van der Waals surface area (Å²) in [5.41, 5.74) is 4.92. The van der Waals surface area contributed by atoms with Crippen LogP contribution in [-0.2, 0) is 0 Å². The van der Waals surface area contributed by atoms with Gasteiger partial charge in [0.25, 0.3) is 0 Å². The van der Waals surface area contributed by atoms with Crippen LogP contribution in [0.1, 0.15) is 12.0 Å². The van der Waals surface area contributed by atoms with Crippen LogP contribution < -0.4 is 5.43 Å². The Balaban J connectivity index is 2.11. The summed E-state index contributed by atoms with van der Waals surface area (Å²) in [6, 6.07) is 7.54. The number of hydrazone groups is 1. The fraction of sp³-hybridized carbons (Fsp3) is 0.300. The number of nitrogens with zero attached hydrogens (tertiary/aromatic N) is 1. The van der Waals surface area contributed by atoms with Crippen molar-refractivity contribution in [2.24, 2.45) is 5.10 Å². The van der Waals surface area contributed by atoms with Crippen LogP contribution in [0.25, 0.3) is 0 Å². The number of halogens is 3. The number of rotatable bonds is 2. The van der Waals surface area contributed by atoms with Gasteiger partial charge in [0.15, 0.2) is 0 Å². The molecule has 5 heteroatoms. The molecule has 15 heavy (non-hydrogen) atoms. The van der Waals surface area contributed by atoms with Gasteiger partial charge in [-0.25, -0.2) is 0 Å². The molecule has 0 aromatic heterocycles. The largest absolute Gasteiger partial charge is 0.304 e. The smallest absolute Gasteiger partial charge is 0.129 e. The van der Waals surface area contributed by atoms with Crippen LogP contribution in [0.4, 0.5) is 0 Å². The van der Waals surface area contributed by atoms with E-state index in [9.17, 15) is 0 Å². The van der Waals surface area contributed by atoms with Gasteiger partial charge in [-0.15, -0.1) is 23.2 Å². The maximum atomic E-state index is 5.80. The lowest BCUT2D eigenvalue weighted by molar-refractivity contribution is 0.619. The highest BCUT2D eigenvalue weighted by atomic mass is 35.5. The highest BCUT2D eigenvalue weighted by molar-refractivity contribution is 6.45. The summed E-state index contributed by atoms with van der Waals surface area (Å²) in [6.07, 6.45) is 0.735. The molecule has 0 spiro atoms. The molecule has 80 valence electrons. The first-order valence-electron chi connectivity index (χ1n) is 4.53. The topological polar surface area (TPSA) is 24.4 Å². The molecule has 1 aromatic rings. The fourth-order valence-electron chi connectivity index (χ4n) is 1.43. The zero-order valence-corrected chi connectivity index (χ0v) is 10.0. The van der Waals surface area contributed by atoms with Gasteiger partial charge in [0, 0.05) is 11.4 Å². The van der Waals surface area contributed by atoms with E-state index in [-0.39, 0.29) is 6.04 Å². The van der Waals surface area contributed by atoms with Crippen LogP contribution in [-0.4, -0.2) is 16.6 Å². The average Bonchev–Trinajstić information content (AvgIpc) is 2.68.